The van der Waals surface area contributed by atoms with E-state index in [-0.39, 0.29) is 6.10 Å². The standard InChI is InChI=1S/C11H12N4O4S/c1-7(2)19-9(16)5-18-11(17)10-8(3-4-20-10)15-6-12-13-14-15/h3-4,6-7H,5H2,1-2H3. The molecule has 0 saturated carbocycles. The first-order chi connectivity index (χ1) is 9.58. The molecule has 0 bridgehead atoms. The summed E-state index contributed by atoms with van der Waals surface area (Å²) in [7, 11) is 0. The van der Waals surface area contributed by atoms with Crippen LogP contribution in [0.1, 0.15) is 23.5 Å². The van der Waals surface area contributed by atoms with E-state index in [1.165, 1.54) is 22.3 Å². The van der Waals surface area contributed by atoms with Gasteiger partial charge in [-0.25, -0.2) is 9.59 Å². The van der Waals surface area contributed by atoms with Gasteiger partial charge in [-0.2, -0.15) is 4.68 Å². The highest BCUT2D eigenvalue weighted by Gasteiger charge is 2.18. The van der Waals surface area contributed by atoms with Crippen LogP contribution in [0.3, 0.4) is 0 Å². The number of hydrogen-bond acceptors (Lipinski definition) is 8. The Morgan fingerprint density at radius 1 is 1.45 bits per heavy atom. The van der Waals surface area contributed by atoms with Crippen LogP contribution in [0.15, 0.2) is 17.8 Å². The van der Waals surface area contributed by atoms with Crippen molar-refractivity contribution in [2.24, 2.45) is 0 Å². The van der Waals surface area contributed by atoms with E-state index in [1.54, 1.807) is 25.3 Å². The maximum absolute atomic E-state index is 11.9. The molecular weight excluding hydrogens is 284 g/mol. The van der Waals surface area contributed by atoms with Crippen LogP contribution >= 0.6 is 11.3 Å². The van der Waals surface area contributed by atoms with E-state index in [4.69, 9.17) is 9.47 Å². The molecule has 2 rings (SSSR count). The van der Waals surface area contributed by atoms with Gasteiger partial charge in [0.1, 0.15) is 11.2 Å². The second-order valence-corrected chi connectivity index (χ2v) is 4.92. The van der Waals surface area contributed by atoms with Gasteiger partial charge in [-0.15, -0.1) is 16.4 Å². The van der Waals surface area contributed by atoms with Gasteiger partial charge in [0.2, 0.25) is 0 Å². The molecule has 0 spiro atoms. The zero-order valence-corrected chi connectivity index (χ0v) is 11.7. The lowest BCUT2D eigenvalue weighted by Gasteiger charge is -2.08. The van der Waals surface area contributed by atoms with Crippen molar-refractivity contribution < 1.29 is 19.1 Å². The topological polar surface area (TPSA) is 96.2 Å². The Balaban J connectivity index is 2.00. The Kier molecular flexibility index (Phi) is 4.41. The summed E-state index contributed by atoms with van der Waals surface area (Å²) in [5.74, 6) is -1.21. The fraction of sp³-hybridized carbons (Fsp3) is 0.364. The predicted octanol–water partition coefficient (Wildman–Crippen LogP) is 0.832. The van der Waals surface area contributed by atoms with Gasteiger partial charge in [0, 0.05) is 0 Å². The van der Waals surface area contributed by atoms with Gasteiger partial charge in [-0.1, -0.05) is 0 Å². The summed E-state index contributed by atoms with van der Waals surface area (Å²) >= 11 is 1.18. The van der Waals surface area contributed by atoms with Gasteiger partial charge in [-0.05, 0) is 35.7 Å². The van der Waals surface area contributed by atoms with Crippen LogP contribution in [0.5, 0.6) is 0 Å². The second kappa shape index (κ2) is 6.24. The molecule has 2 heterocycles. The molecule has 0 N–H and O–H groups in total. The summed E-state index contributed by atoms with van der Waals surface area (Å²) in [5.41, 5.74) is 0.502. The average molecular weight is 296 g/mol. The van der Waals surface area contributed by atoms with Crippen LogP contribution in [0.25, 0.3) is 5.69 Å². The normalized spacial score (nSPS) is 10.6. The zero-order chi connectivity index (χ0) is 14.5. The van der Waals surface area contributed by atoms with E-state index in [2.05, 4.69) is 15.5 Å². The van der Waals surface area contributed by atoms with Crippen molar-refractivity contribution in [2.75, 3.05) is 6.61 Å². The van der Waals surface area contributed by atoms with Gasteiger partial charge >= 0.3 is 11.9 Å². The Morgan fingerprint density at radius 3 is 2.90 bits per heavy atom. The van der Waals surface area contributed by atoms with Crippen LogP contribution in [-0.4, -0.2) is 44.9 Å². The van der Waals surface area contributed by atoms with E-state index in [9.17, 15) is 9.59 Å². The first kappa shape index (κ1) is 14.1. The largest absolute Gasteiger partial charge is 0.460 e. The lowest BCUT2D eigenvalue weighted by Crippen LogP contribution is -2.19. The van der Waals surface area contributed by atoms with Crippen LogP contribution in [0, 0.1) is 0 Å². The number of aromatic nitrogens is 4. The third-order valence-corrected chi connectivity index (χ3v) is 3.00. The third kappa shape index (κ3) is 3.38. The first-order valence-electron chi connectivity index (χ1n) is 5.75. The van der Waals surface area contributed by atoms with Crippen molar-refractivity contribution in [3.8, 4) is 5.69 Å². The zero-order valence-electron chi connectivity index (χ0n) is 10.8. The minimum atomic E-state index is -0.619. The number of ether oxygens (including phenoxy) is 2. The molecule has 8 nitrogen and oxygen atoms in total. The number of tetrazole rings is 1. The average Bonchev–Trinajstić information content (AvgIpc) is 3.04. The molecule has 9 heteroatoms. The van der Waals surface area contributed by atoms with Gasteiger partial charge in [0.05, 0.1) is 11.8 Å². The van der Waals surface area contributed by atoms with Crippen LogP contribution in [-0.2, 0) is 14.3 Å². The second-order valence-electron chi connectivity index (χ2n) is 4.00. The Morgan fingerprint density at radius 2 is 2.25 bits per heavy atom. The highest BCUT2D eigenvalue weighted by Crippen LogP contribution is 2.20. The molecule has 0 atom stereocenters. The molecule has 0 aliphatic heterocycles. The number of carbonyl (C=O) groups excluding carboxylic acids is 2. The van der Waals surface area contributed by atoms with Crippen molar-refractivity contribution in [3.05, 3.63) is 22.7 Å². The molecule has 20 heavy (non-hydrogen) atoms. The molecule has 2 aromatic rings. The van der Waals surface area contributed by atoms with E-state index in [1.807, 2.05) is 0 Å². The lowest BCUT2D eigenvalue weighted by molar-refractivity contribution is -0.150. The molecule has 0 radical (unpaired) electrons. The van der Waals surface area contributed by atoms with Crippen molar-refractivity contribution >= 4 is 23.3 Å². The number of hydrogen-bond donors (Lipinski definition) is 0. The summed E-state index contributed by atoms with van der Waals surface area (Å²) < 4.78 is 11.1. The molecule has 0 aliphatic rings. The summed E-state index contributed by atoms with van der Waals surface area (Å²) in [6, 6.07) is 1.68. The molecule has 0 amide bonds. The Bertz CT molecular complexity index is 593. The molecule has 106 valence electrons. The van der Waals surface area contributed by atoms with Gasteiger partial charge in [0.15, 0.2) is 6.61 Å². The van der Waals surface area contributed by atoms with Crippen molar-refractivity contribution in [1.82, 2.24) is 20.2 Å². The molecule has 0 fully saturated rings. The van der Waals surface area contributed by atoms with E-state index in [0.29, 0.717) is 10.6 Å². The Labute approximate surface area is 118 Å². The van der Waals surface area contributed by atoms with Crippen LogP contribution in [0.4, 0.5) is 0 Å². The molecule has 2 aromatic heterocycles. The maximum atomic E-state index is 11.9. The predicted molar refractivity (Wildman–Crippen MR) is 68.5 cm³/mol. The first-order valence-corrected chi connectivity index (χ1v) is 6.63. The van der Waals surface area contributed by atoms with Crippen LogP contribution < -0.4 is 0 Å². The molecular formula is C11H12N4O4S. The number of rotatable bonds is 5. The Hall–Kier alpha value is -2.29. The third-order valence-electron chi connectivity index (χ3n) is 2.11. The van der Waals surface area contributed by atoms with Crippen LogP contribution in [0.2, 0.25) is 0 Å². The molecule has 0 saturated heterocycles. The summed E-state index contributed by atoms with van der Waals surface area (Å²) in [4.78, 5) is 23.5. The number of esters is 2. The summed E-state index contributed by atoms with van der Waals surface area (Å²) in [6.07, 6.45) is 1.12. The molecule has 0 aliphatic carbocycles. The smallest absolute Gasteiger partial charge is 0.351 e. The highest BCUT2D eigenvalue weighted by atomic mass is 32.1. The van der Waals surface area contributed by atoms with Gasteiger partial charge in [-0.3, -0.25) is 0 Å². The molecule has 0 unspecified atom stereocenters. The molecule has 0 aromatic carbocycles. The van der Waals surface area contributed by atoms with Crippen molar-refractivity contribution in [3.63, 3.8) is 0 Å². The van der Waals surface area contributed by atoms with Gasteiger partial charge < -0.3 is 9.47 Å². The van der Waals surface area contributed by atoms with Crippen molar-refractivity contribution in [2.45, 2.75) is 20.0 Å². The fourth-order valence-corrected chi connectivity index (χ4v) is 2.16. The monoisotopic (exact) mass is 296 g/mol. The minimum absolute atomic E-state index is 0.250. The number of nitrogens with zero attached hydrogens (tertiary/aromatic N) is 4. The number of carbonyl (C=O) groups is 2. The van der Waals surface area contributed by atoms with E-state index >= 15 is 0 Å². The SMILES string of the molecule is CC(C)OC(=O)COC(=O)c1sccc1-n1cnnn1. The summed E-state index contributed by atoms with van der Waals surface area (Å²) in [5, 5.41) is 12.4. The lowest BCUT2D eigenvalue weighted by atomic mass is 10.4. The van der Waals surface area contributed by atoms with E-state index < -0.39 is 18.5 Å². The minimum Gasteiger partial charge on any atom is -0.460 e. The summed E-state index contributed by atoms with van der Waals surface area (Å²) in [6.45, 7) is 3.01. The highest BCUT2D eigenvalue weighted by molar-refractivity contribution is 7.12. The quantitative estimate of drug-likeness (QED) is 0.754. The fourth-order valence-electron chi connectivity index (χ4n) is 1.39. The van der Waals surface area contributed by atoms with Crippen molar-refractivity contribution in [1.29, 1.82) is 0 Å². The number of thiophene rings is 1. The van der Waals surface area contributed by atoms with E-state index in [0.717, 1.165) is 0 Å². The maximum Gasteiger partial charge on any atom is 0.351 e. The van der Waals surface area contributed by atoms with Gasteiger partial charge in [0.25, 0.3) is 0 Å².